The summed E-state index contributed by atoms with van der Waals surface area (Å²) in [6.45, 7) is 3.88. The Morgan fingerprint density at radius 1 is 1.14 bits per heavy atom. The van der Waals surface area contributed by atoms with Crippen LogP contribution in [0, 0.1) is 10.1 Å². The van der Waals surface area contributed by atoms with E-state index in [1.54, 1.807) is 12.1 Å². The summed E-state index contributed by atoms with van der Waals surface area (Å²) in [5.74, 6) is 0. The molecule has 116 valence electrons. The second kappa shape index (κ2) is 7.56. The van der Waals surface area contributed by atoms with Gasteiger partial charge in [0.25, 0.3) is 5.69 Å². The van der Waals surface area contributed by atoms with Crippen LogP contribution in [-0.4, -0.2) is 29.5 Å². The van der Waals surface area contributed by atoms with Crippen LogP contribution in [0.25, 0.3) is 0 Å². The SMILES string of the molecule is CC(CN(C)Cc1ccccc1)Nc1ccc([N+](=O)[O-])cc1. The molecule has 0 radical (unpaired) electrons. The Morgan fingerprint density at radius 3 is 2.36 bits per heavy atom. The van der Waals surface area contributed by atoms with Gasteiger partial charge in [0, 0.05) is 37.0 Å². The molecule has 1 N–H and O–H groups in total. The summed E-state index contributed by atoms with van der Waals surface area (Å²) in [5.41, 5.74) is 2.29. The van der Waals surface area contributed by atoms with Crippen molar-refractivity contribution in [2.75, 3.05) is 18.9 Å². The largest absolute Gasteiger partial charge is 0.381 e. The zero-order valence-electron chi connectivity index (χ0n) is 12.9. The first-order valence-corrected chi connectivity index (χ1v) is 7.28. The number of nitro groups is 1. The minimum absolute atomic E-state index is 0.111. The molecule has 0 amide bonds. The smallest absolute Gasteiger partial charge is 0.269 e. The van der Waals surface area contributed by atoms with Crippen molar-refractivity contribution in [1.29, 1.82) is 0 Å². The van der Waals surface area contributed by atoms with Gasteiger partial charge in [-0.2, -0.15) is 0 Å². The number of likely N-dealkylation sites (N-methyl/N-ethyl adjacent to an activating group) is 1. The molecule has 0 aliphatic heterocycles. The lowest BCUT2D eigenvalue weighted by molar-refractivity contribution is -0.384. The van der Waals surface area contributed by atoms with Crippen LogP contribution >= 0.6 is 0 Å². The van der Waals surface area contributed by atoms with Crippen molar-refractivity contribution in [3.63, 3.8) is 0 Å². The predicted octanol–water partition coefficient (Wildman–Crippen LogP) is 3.53. The molecule has 0 aliphatic rings. The van der Waals surface area contributed by atoms with Crippen LogP contribution in [0.15, 0.2) is 54.6 Å². The molecule has 0 aromatic heterocycles. The van der Waals surface area contributed by atoms with E-state index < -0.39 is 0 Å². The molecule has 0 saturated heterocycles. The quantitative estimate of drug-likeness (QED) is 0.627. The molecule has 0 heterocycles. The molecule has 5 heteroatoms. The Hall–Kier alpha value is -2.40. The molecular weight excluding hydrogens is 278 g/mol. The van der Waals surface area contributed by atoms with Gasteiger partial charge >= 0.3 is 0 Å². The minimum atomic E-state index is -0.388. The number of anilines is 1. The van der Waals surface area contributed by atoms with E-state index >= 15 is 0 Å². The van der Waals surface area contributed by atoms with Crippen LogP contribution in [0.3, 0.4) is 0 Å². The third kappa shape index (κ3) is 4.86. The molecule has 0 fully saturated rings. The summed E-state index contributed by atoms with van der Waals surface area (Å²) in [7, 11) is 2.08. The van der Waals surface area contributed by atoms with Crippen molar-refractivity contribution in [2.45, 2.75) is 19.5 Å². The second-order valence-corrected chi connectivity index (χ2v) is 5.53. The number of hydrogen-bond acceptors (Lipinski definition) is 4. The first-order chi connectivity index (χ1) is 10.5. The second-order valence-electron chi connectivity index (χ2n) is 5.53. The van der Waals surface area contributed by atoms with Gasteiger partial charge in [0.05, 0.1) is 4.92 Å². The van der Waals surface area contributed by atoms with Crippen molar-refractivity contribution >= 4 is 11.4 Å². The van der Waals surface area contributed by atoms with Gasteiger partial charge in [-0.1, -0.05) is 30.3 Å². The zero-order chi connectivity index (χ0) is 15.9. The summed E-state index contributed by atoms with van der Waals surface area (Å²) in [4.78, 5) is 12.5. The predicted molar refractivity (Wildman–Crippen MR) is 89.0 cm³/mol. The standard InChI is InChI=1S/C17H21N3O2/c1-14(12-19(2)13-15-6-4-3-5-7-15)18-16-8-10-17(11-9-16)20(21)22/h3-11,14,18H,12-13H2,1-2H3. The molecule has 22 heavy (non-hydrogen) atoms. The van der Waals surface area contributed by atoms with Gasteiger partial charge in [0.1, 0.15) is 0 Å². The fraction of sp³-hybridized carbons (Fsp3) is 0.294. The summed E-state index contributed by atoms with van der Waals surface area (Å²) in [5, 5.41) is 14.0. The van der Waals surface area contributed by atoms with Gasteiger partial charge in [0.15, 0.2) is 0 Å². The fourth-order valence-corrected chi connectivity index (χ4v) is 2.44. The Balaban J connectivity index is 1.84. The summed E-state index contributed by atoms with van der Waals surface area (Å²) >= 11 is 0. The molecular formula is C17H21N3O2. The molecule has 0 bridgehead atoms. The maximum atomic E-state index is 10.6. The third-order valence-corrected chi connectivity index (χ3v) is 3.37. The molecule has 0 aliphatic carbocycles. The van der Waals surface area contributed by atoms with Gasteiger partial charge < -0.3 is 10.2 Å². The zero-order valence-corrected chi connectivity index (χ0v) is 12.9. The Bertz CT molecular complexity index is 599. The Labute approximate surface area is 130 Å². The number of rotatable bonds is 7. The average Bonchev–Trinajstić information content (AvgIpc) is 2.48. The normalized spacial score (nSPS) is 12.1. The summed E-state index contributed by atoms with van der Waals surface area (Å²) in [6, 6.07) is 17.1. The number of benzene rings is 2. The number of nitrogens with one attached hydrogen (secondary N) is 1. The van der Waals surface area contributed by atoms with Crippen LogP contribution < -0.4 is 5.32 Å². The first kappa shape index (κ1) is 16.0. The maximum Gasteiger partial charge on any atom is 0.269 e. The van der Waals surface area contributed by atoms with E-state index in [1.165, 1.54) is 17.7 Å². The first-order valence-electron chi connectivity index (χ1n) is 7.28. The van der Waals surface area contributed by atoms with E-state index in [0.717, 1.165) is 18.8 Å². The van der Waals surface area contributed by atoms with E-state index in [-0.39, 0.29) is 16.7 Å². The van der Waals surface area contributed by atoms with Gasteiger partial charge in [0.2, 0.25) is 0 Å². The van der Waals surface area contributed by atoms with Crippen molar-refractivity contribution < 1.29 is 4.92 Å². The molecule has 0 spiro atoms. The molecule has 2 aromatic rings. The maximum absolute atomic E-state index is 10.6. The highest BCUT2D eigenvalue weighted by Crippen LogP contribution is 2.16. The van der Waals surface area contributed by atoms with Gasteiger partial charge in [-0.3, -0.25) is 10.1 Å². The number of nitro benzene ring substituents is 1. The molecule has 2 aromatic carbocycles. The van der Waals surface area contributed by atoms with E-state index in [0.29, 0.717) is 0 Å². The Morgan fingerprint density at radius 2 is 1.77 bits per heavy atom. The minimum Gasteiger partial charge on any atom is -0.381 e. The average molecular weight is 299 g/mol. The molecule has 1 unspecified atom stereocenters. The lowest BCUT2D eigenvalue weighted by Crippen LogP contribution is -2.31. The van der Waals surface area contributed by atoms with Crippen LogP contribution in [0.5, 0.6) is 0 Å². The molecule has 2 rings (SSSR count). The third-order valence-electron chi connectivity index (χ3n) is 3.37. The van der Waals surface area contributed by atoms with Crippen molar-refractivity contribution in [1.82, 2.24) is 4.90 Å². The van der Waals surface area contributed by atoms with E-state index in [4.69, 9.17) is 0 Å². The number of hydrogen-bond donors (Lipinski definition) is 1. The summed E-state index contributed by atoms with van der Waals surface area (Å²) in [6.07, 6.45) is 0. The van der Waals surface area contributed by atoms with Crippen LogP contribution in [0.4, 0.5) is 11.4 Å². The van der Waals surface area contributed by atoms with Crippen molar-refractivity contribution in [3.05, 3.63) is 70.3 Å². The Kier molecular flexibility index (Phi) is 5.49. The topological polar surface area (TPSA) is 58.4 Å². The van der Waals surface area contributed by atoms with Gasteiger partial charge in [-0.25, -0.2) is 0 Å². The highest BCUT2D eigenvalue weighted by atomic mass is 16.6. The van der Waals surface area contributed by atoms with Gasteiger partial charge in [-0.05, 0) is 31.7 Å². The van der Waals surface area contributed by atoms with Crippen LogP contribution in [0.2, 0.25) is 0 Å². The molecule has 1 atom stereocenters. The van der Waals surface area contributed by atoms with Crippen LogP contribution in [-0.2, 0) is 6.54 Å². The lowest BCUT2D eigenvalue weighted by Gasteiger charge is -2.23. The van der Waals surface area contributed by atoms with Gasteiger partial charge in [-0.15, -0.1) is 0 Å². The van der Waals surface area contributed by atoms with E-state index in [1.807, 2.05) is 18.2 Å². The lowest BCUT2D eigenvalue weighted by atomic mass is 10.2. The van der Waals surface area contributed by atoms with Crippen molar-refractivity contribution in [3.8, 4) is 0 Å². The summed E-state index contributed by atoms with van der Waals surface area (Å²) < 4.78 is 0. The van der Waals surface area contributed by atoms with E-state index in [9.17, 15) is 10.1 Å². The highest BCUT2D eigenvalue weighted by molar-refractivity contribution is 5.49. The van der Waals surface area contributed by atoms with E-state index in [2.05, 4.69) is 36.3 Å². The van der Waals surface area contributed by atoms with Crippen LogP contribution in [0.1, 0.15) is 12.5 Å². The fourth-order valence-electron chi connectivity index (χ4n) is 2.44. The molecule has 0 saturated carbocycles. The molecule has 5 nitrogen and oxygen atoms in total. The number of non-ortho nitro benzene ring substituents is 1. The number of nitrogens with zero attached hydrogens (tertiary/aromatic N) is 2. The monoisotopic (exact) mass is 299 g/mol. The highest BCUT2D eigenvalue weighted by Gasteiger charge is 2.08. The van der Waals surface area contributed by atoms with Crippen molar-refractivity contribution in [2.24, 2.45) is 0 Å².